The van der Waals surface area contributed by atoms with Crippen LogP contribution in [-0.2, 0) is 0 Å². The lowest BCUT2D eigenvalue weighted by atomic mass is 9.97. The lowest BCUT2D eigenvalue weighted by Crippen LogP contribution is -2.07. The monoisotopic (exact) mass is 880 g/mol. The zero-order valence-corrected chi connectivity index (χ0v) is 37.3. The minimum absolute atomic E-state index is 0.545. The van der Waals surface area contributed by atoms with Crippen LogP contribution < -0.4 is 0 Å². The third-order valence-electron chi connectivity index (χ3n) is 13.7. The van der Waals surface area contributed by atoms with Crippen molar-refractivity contribution in [3.05, 3.63) is 243 Å². The van der Waals surface area contributed by atoms with E-state index in [9.17, 15) is 0 Å². The number of para-hydroxylation sites is 5. The molecule has 0 atom stereocenters. The molecule has 0 amide bonds. The van der Waals surface area contributed by atoms with Gasteiger partial charge in [0.15, 0.2) is 11.6 Å². The quantitative estimate of drug-likeness (QED) is 0.160. The highest BCUT2D eigenvalue weighted by Gasteiger charge is 2.25. The first-order valence-corrected chi connectivity index (χ1v) is 23.4. The van der Waals surface area contributed by atoms with Crippen LogP contribution in [0.5, 0.6) is 0 Å². The van der Waals surface area contributed by atoms with Crippen LogP contribution in [0, 0.1) is 0 Å². The largest absolute Gasteiger partial charge is 0.309 e. The number of hydrogen-bond donors (Lipinski definition) is 0. The molecule has 10 aromatic carbocycles. The molecule has 0 radical (unpaired) electrons. The molecule has 14 rings (SSSR count). The Balaban J connectivity index is 1.08. The number of aromatic nitrogens is 6. The molecule has 0 saturated heterocycles. The summed E-state index contributed by atoms with van der Waals surface area (Å²) in [6.45, 7) is 0. The summed E-state index contributed by atoms with van der Waals surface area (Å²) in [5.41, 5.74) is 15.1. The van der Waals surface area contributed by atoms with Crippen LogP contribution in [0.25, 0.3) is 128 Å². The van der Waals surface area contributed by atoms with Gasteiger partial charge in [0.25, 0.3) is 0 Å². The van der Waals surface area contributed by atoms with E-state index in [0.29, 0.717) is 17.6 Å². The Hall–Kier alpha value is -9.39. The van der Waals surface area contributed by atoms with E-state index < -0.39 is 0 Å². The van der Waals surface area contributed by atoms with Crippen molar-refractivity contribution in [2.45, 2.75) is 0 Å². The van der Waals surface area contributed by atoms with Gasteiger partial charge >= 0.3 is 0 Å². The summed E-state index contributed by atoms with van der Waals surface area (Å²) >= 11 is 0. The van der Waals surface area contributed by atoms with Gasteiger partial charge in [-0.1, -0.05) is 188 Å². The summed E-state index contributed by atoms with van der Waals surface area (Å²) in [5, 5.41) is 6.90. The zero-order valence-electron chi connectivity index (χ0n) is 37.3. The standard InChI is InChI=1S/C63H40N6/c1-5-20-41(21-6-1)44-36-38-56(52(40-44)42-22-7-2-8-23-42)68-54-34-17-14-29-47(54)49-37-39-57-58(60(49)68)50-30-15-18-35-55(50)69(57)63-65-61(43-24-9-3-10-25-43)64-62(66-63)51-32-19-31-48-46-28-13-16-33-53(46)67(59(48)51)45-26-11-4-12-27-45/h1-40H. The number of nitrogens with zero attached hydrogens (tertiary/aromatic N) is 6. The van der Waals surface area contributed by atoms with Crippen LogP contribution >= 0.6 is 0 Å². The Labute approximate surface area is 397 Å². The number of rotatable bonds is 7. The van der Waals surface area contributed by atoms with E-state index in [4.69, 9.17) is 15.0 Å². The third-order valence-corrected chi connectivity index (χ3v) is 13.7. The van der Waals surface area contributed by atoms with Gasteiger partial charge in [-0.15, -0.1) is 0 Å². The van der Waals surface area contributed by atoms with Crippen molar-refractivity contribution < 1.29 is 0 Å². The molecule has 6 heteroatoms. The van der Waals surface area contributed by atoms with Gasteiger partial charge in [-0.2, -0.15) is 9.97 Å². The van der Waals surface area contributed by atoms with Crippen LogP contribution in [0.15, 0.2) is 243 Å². The van der Waals surface area contributed by atoms with Crippen LogP contribution in [0.4, 0.5) is 0 Å². The Morgan fingerprint density at radius 2 is 0.812 bits per heavy atom. The maximum Gasteiger partial charge on any atom is 0.238 e. The van der Waals surface area contributed by atoms with E-state index >= 15 is 0 Å². The highest BCUT2D eigenvalue weighted by Crippen LogP contribution is 2.45. The highest BCUT2D eigenvalue weighted by atomic mass is 15.2. The molecule has 0 saturated carbocycles. The first-order chi connectivity index (χ1) is 34.3. The van der Waals surface area contributed by atoms with Crippen molar-refractivity contribution >= 4 is 65.4 Å². The van der Waals surface area contributed by atoms with Crippen molar-refractivity contribution in [2.24, 2.45) is 0 Å². The fraction of sp³-hybridized carbons (Fsp3) is 0. The summed E-state index contributed by atoms with van der Waals surface area (Å²) in [6.07, 6.45) is 0. The summed E-state index contributed by atoms with van der Waals surface area (Å²) in [5.74, 6) is 1.74. The molecule has 4 aromatic heterocycles. The van der Waals surface area contributed by atoms with Crippen LogP contribution in [0.1, 0.15) is 0 Å². The summed E-state index contributed by atoms with van der Waals surface area (Å²) in [4.78, 5) is 16.3. The van der Waals surface area contributed by atoms with Crippen molar-refractivity contribution in [3.63, 3.8) is 0 Å². The molecule has 0 fully saturated rings. The SMILES string of the molecule is c1ccc(-c2ccc(-n3c4ccccc4c4ccc5c(c6ccccc6n5-c5nc(-c6ccccc6)nc(-c6cccc7c8ccccc8n(-c8ccccc8)c67)n5)c43)c(-c3ccccc3)c2)cc1. The van der Waals surface area contributed by atoms with Gasteiger partial charge in [-0.3, -0.25) is 4.57 Å². The topological polar surface area (TPSA) is 53.5 Å². The maximum absolute atomic E-state index is 5.54. The molecule has 322 valence electrons. The van der Waals surface area contributed by atoms with Crippen molar-refractivity contribution in [3.8, 4) is 62.4 Å². The van der Waals surface area contributed by atoms with Crippen molar-refractivity contribution in [1.29, 1.82) is 0 Å². The fourth-order valence-electron chi connectivity index (χ4n) is 10.7. The van der Waals surface area contributed by atoms with Gasteiger partial charge < -0.3 is 9.13 Å². The minimum atomic E-state index is 0.545. The number of benzene rings is 10. The van der Waals surface area contributed by atoms with Crippen molar-refractivity contribution in [2.75, 3.05) is 0 Å². The Kier molecular flexibility index (Phi) is 8.79. The predicted molar refractivity (Wildman–Crippen MR) is 285 cm³/mol. The Bertz CT molecular complexity index is 4280. The van der Waals surface area contributed by atoms with Gasteiger partial charge in [-0.25, -0.2) is 4.98 Å². The molecule has 4 heterocycles. The fourth-order valence-corrected chi connectivity index (χ4v) is 10.7. The molecule has 0 spiro atoms. The molecule has 69 heavy (non-hydrogen) atoms. The lowest BCUT2D eigenvalue weighted by Gasteiger charge is -2.17. The number of fused-ring (bicyclic) bond motifs is 10. The molecule has 0 bridgehead atoms. The van der Waals surface area contributed by atoms with Gasteiger partial charge in [0, 0.05) is 54.7 Å². The number of hydrogen-bond acceptors (Lipinski definition) is 3. The smallest absolute Gasteiger partial charge is 0.238 e. The third kappa shape index (κ3) is 6.09. The molecule has 0 N–H and O–H groups in total. The van der Waals surface area contributed by atoms with E-state index in [1.165, 1.54) is 27.3 Å². The van der Waals surface area contributed by atoms with Gasteiger partial charge in [0.1, 0.15) is 0 Å². The highest BCUT2D eigenvalue weighted by molar-refractivity contribution is 6.26. The van der Waals surface area contributed by atoms with Gasteiger partial charge in [0.05, 0.1) is 38.8 Å². The molecular weight excluding hydrogens is 841 g/mol. The van der Waals surface area contributed by atoms with E-state index in [2.05, 4.69) is 238 Å². The molecule has 0 aliphatic carbocycles. The molecule has 0 unspecified atom stereocenters. The second kappa shape index (κ2) is 15.6. The Morgan fingerprint density at radius 3 is 1.51 bits per heavy atom. The normalized spacial score (nSPS) is 11.8. The summed E-state index contributed by atoms with van der Waals surface area (Å²) < 4.78 is 7.07. The first-order valence-electron chi connectivity index (χ1n) is 23.4. The van der Waals surface area contributed by atoms with E-state index in [-0.39, 0.29) is 0 Å². The van der Waals surface area contributed by atoms with Crippen LogP contribution in [0.3, 0.4) is 0 Å². The summed E-state index contributed by atoms with van der Waals surface area (Å²) in [6, 6.07) is 86.2. The Morgan fingerprint density at radius 1 is 0.275 bits per heavy atom. The van der Waals surface area contributed by atoms with E-state index in [0.717, 1.165) is 82.9 Å². The maximum atomic E-state index is 5.54. The minimum Gasteiger partial charge on any atom is -0.309 e. The van der Waals surface area contributed by atoms with E-state index in [1.807, 2.05) is 18.2 Å². The lowest BCUT2D eigenvalue weighted by molar-refractivity contribution is 0.953. The van der Waals surface area contributed by atoms with Gasteiger partial charge in [0.2, 0.25) is 5.95 Å². The zero-order chi connectivity index (χ0) is 45.4. The van der Waals surface area contributed by atoms with Gasteiger partial charge in [-0.05, 0) is 71.3 Å². The van der Waals surface area contributed by atoms with Crippen LogP contribution in [-0.4, -0.2) is 28.7 Å². The van der Waals surface area contributed by atoms with Crippen molar-refractivity contribution in [1.82, 2.24) is 28.7 Å². The molecule has 14 aromatic rings. The molecule has 0 aliphatic rings. The predicted octanol–water partition coefficient (Wildman–Crippen LogP) is 15.8. The first kappa shape index (κ1) is 38.8. The average molecular weight is 881 g/mol. The second-order valence-electron chi connectivity index (χ2n) is 17.6. The van der Waals surface area contributed by atoms with E-state index in [1.54, 1.807) is 0 Å². The average Bonchev–Trinajstić information content (AvgIpc) is 4.07. The molecule has 0 aliphatic heterocycles. The summed E-state index contributed by atoms with van der Waals surface area (Å²) in [7, 11) is 0. The molecule has 6 nitrogen and oxygen atoms in total. The second-order valence-corrected chi connectivity index (χ2v) is 17.6. The van der Waals surface area contributed by atoms with Crippen LogP contribution in [0.2, 0.25) is 0 Å². The molecular formula is C63H40N6.